The van der Waals surface area contributed by atoms with Crippen LogP contribution in [0.3, 0.4) is 0 Å². The van der Waals surface area contributed by atoms with E-state index in [1.165, 1.54) is 0 Å². The Bertz CT molecular complexity index is 1380. The molecule has 2 aromatic carbocycles. The van der Waals surface area contributed by atoms with Crippen molar-refractivity contribution in [1.82, 2.24) is 15.5 Å². The molecular weight excluding hydrogens is 476 g/mol. The molecule has 0 radical (unpaired) electrons. The van der Waals surface area contributed by atoms with Crippen LogP contribution < -0.4 is 15.4 Å². The minimum Gasteiger partial charge on any atom is -0.488 e. The van der Waals surface area contributed by atoms with Crippen LogP contribution in [0.5, 0.6) is 5.75 Å². The van der Waals surface area contributed by atoms with E-state index >= 15 is 0 Å². The van der Waals surface area contributed by atoms with Crippen molar-refractivity contribution in [2.45, 2.75) is 39.0 Å². The largest absolute Gasteiger partial charge is 0.488 e. The molecule has 186 valence electrons. The van der Waals surface area contributed by atoms with Crippen LogP contribution in [-0.4, -0.2) is 40.7 Å². The second kappa shape index (κ2) is 10.5. The Morgan fingerprint density at radius 3 is 2.86 bits per heavy atom. The third kappa shape index (κ3) is 5.27. The van der Waals surface area contributed by atoms with Gasteiger partial charge in [-0.2, -0.15) is 5.10 Å². The topological polar surface area (TPSA) is 106 Å². The average molecular weight is 505 g/mol. The summed E-state index contributed by atoms with van der Waals surface area (Å²) in [5.74, 6) is 1.50. The van der Waals surface area contributed by atoms with Crippen molar-refractivity contribution in [3.63, 3.8) is 0 Å². The summed E-state index contributed by atoms with van der Waals surface area (Å²) in [6.07, 6.45) is -0.0675. The number of benzene rings is 2. The molecule has 1 aliphatic rings. The van der Waals surface area contributed by atoms with E-state index in [2.05, 4.69) is 39.9 Å². The van der Waals surface area contributed by atoms with Gasteiger partial charge in [0.1, 0.15) is 11.9 Å². The zero-order valence-electron chi connectivity index (χ0n) is 20.2. The maximum absolute atomic E-state index is 11.0. The average Bonchev–Trinajstić information content (AvgIpc) is 3.57. The minimum absolute atomic E-state index is 0.0129. The molecule has 0 spiro atoms. The fourth-order valence-corrected chi connectivity index (χ4v) is 5.41. The first-order valence-electron chi connectivity index (χ1n) is 11.9. The van der Waals surface area contributed by atoms with Gasteiger partial charge in [-0.15, -0.1) is 16.4 Å². The number of nitrogens with one attached hydrogen (secondary N) is 2. The van der Waals surface area contributed by atoms with Gasteiger partial charge in [-0.3, -0.25) is 0 Å². The molecule has 3 N–H and O–H groups in total. The molecule has 1 amide bonds. The van der Waals surface area contributed by atoms with Crippen LogP contribution in [0.4, 0.5) is 10.6 Å². The number of carbonyl (C=O) groups is 1. The fourth-order valence-electron chi connectivity index (χ4n) is 4.34. The molecule has 2 atom stereocenters. The number of amides is 1. The molecule has 0 bridgehead atoms. The van der Waals surface area contributed by atoms with Crippen molar-refractivity contribution in [2.75, 3.05) is 18.5 Å². The highest BCUT2D eigenvalue weighted by Crippen LogP contribution is 2.36. The van der Waals surface area contributed by atoms with Crippen LogP contribution in [0.2, 0.25) is 0 Å². The highest BCUT2D eigenvalue weighted by molar-refractivity contribution is 7.15. The monoisotopic (exact) mass is 504 g/mol. The predicted octanol–water partition coefficient (Wildman–Crippen LogP) is 5.78. The third-order valence-corrected chi connectivity index (χ3v) is 7.55. The number of rotatable bonds is 8. The lowest BCUT2D eigenvalue weighted by Crippen LogP contribution is -2.20. The summed E-state index contributed by atoms with van der Waals surface area (Å²) in [6.45, 7) is 5.66. The number of hydrogen-bond acceptors (Lipinski definition) is 7. The van der Waals surface area contributed by atoms with Crippen molar-refractivity contribution < 1.29 is 19.4 Å². The van der Waals surface area contributed by atoms with Crippen molar-refractivity contribution in [3.8, 4) is 16.2 Å². The van der Waals surface area contributed by atoms with Gasteiger partial charge < -0.3 is 25.2 Å². The van der Waals surface area contributed by atoms with Crippen molar-refractivity contribution in [1.29, 1.82) is 0 Å². The molecule has 1 aliphatic heterocycles. The van der Waals surface area contributed by atoms with Gasteiger partial charge in [0.05, 0.1) is 24.9 Å². The molecule has 1 fully saturated rings. The van der Waals surface area contributed by atoms with Crippen molar-refractivity contribution >= 4 is 34.0 Å². The van der Waals surface area contributed by atoms with E-state index in [0.29, 0.717) is 12.4 Å². The minimum atomic E-state index is -1.04. The number of fused-ring (bicyclic) bond motifs is 1. The number of aromatic nitrogens is 2. The lowest BCUT2D eigenvalue weighted by molar-refractivity contribution is 0.141. The first-order chi connectivity index (χ1) is 17.5. The first kappa shape index (κ1) is 24.0. The van der Waals surface area contributed by atoms with E-state index in [1.54, 1.807) is 11.3 Å². The molecule has 2 aromatic heterocycles. The highest BCUT2D eigenvalue weighted by atomic mass is 32.1. The second-order valence-corrected chi connectivity index (χ2v) is 9.94. The Kier molecular flexibility index (Phi) is 7.02. The molecule has 5 rings (SSSR count). The standard InChI is InChI=1S/C27H28N4O4S/c1-16-21-8-7-19(35-20-11-12-34-15-20)13-23(21)26(31-30-16)29-17(2)24-9-10-25(36-24)22-6-4-3-5-18(22)14-28-27(32)33/h3-10,13,17,20,28H,11-12,14-15H2,1-2H3,(H,29,31)(H,32,33)/t17?,20-/m0/s1. The molecule has 1 saturated heterocycles. The maximum Gasteiger partial charge on any atom is 0.404 e. The predicted molar refractivity (Wildman–Crippen MR) is 141 cm³/mol. The fraction of sp³-hybridized carbons (Fsp3) is 0.296. The molecule has 8 nitrogen and oxygen atoms in total. The maximum atomic E-state index is 11.0. The summed E-state index contributed by atoms with van der Waals surface area (Å²) in [5, 5.41) is 25.8. The van der Waals surface area contributed by atoms with Crippen molar-refractivity contribution in [2.24, 2.45) is 0 Å². The van der Waals surface area contributed by atoms with Gasteiger partial charge in [0.15, 0.2) is 5.82 Å². The van der Waals surface area contributed by atoms with Gasteiger partial charge in [0, 0.05) is 33.5 Å². The quantitative estimate of drug-likeness (QED) is 0.279. The second-order valence-electron chi connectivity index (χ2n) is 8.83. The molecule has 0 saturated carbocycles. The molecule has 9 heteroatoms. The highest BCUT2D eigenvalue weighted by Gasteiger charge is 2.19. The zero-order valence-corrected chi connectivity index (χ0v) is 21.0. The SMILES string of the molecule is Cc1nnc(NC(C)c2ccc(-c3ccccc3CNC(=O)O)s2)c2cc(O[C@H]3CCOC3)ccc12. The number of nitrogens with zero attached hydrogens (tertiary/aromatic N) is 2. The van der Waals surface area contributed by atoms with Crippen LogP contribution in [0.1, 0.15) is 35.5 Å². The normalized spacial score (nSPS) is 16.1. The summed E-state index contributed by atoms with van der Waals surface area (Å²) in [4.78, 5) is 13.2. The van der Waals surface area contributed by atoms with E-state index < -0.39 is 6.09 Å². The van der Waals surface area contributed by atoms with Crippen LogP contribution >= 0.6 is 11.3 Å². The summed E-state index contributed by atoms with van der Waals surface area (Å²) >= 11 is 1.67. The van der Waals surface area contributed by atoms with E-state index in [-0.39, 0.29) is 18.7 Å². The third-order valence-electron chi connectivity index (χ3n) is 6.25. The number of aryl methyl sites for hydroxylation is 1. The number of carboxylic acid groups (broad SMARTS) is 1. The van der Waals surface area contributed by atoms with E-state index in [4.69, 9.17) is 14.6 Å². The lowest BCUT2D eigenvalue weighted by Gasteiger charge is -2.17. The summed E-state index contributed by atoms with van der Waals surface area (Å²) in [6, 6.07) is 18.0. The van der Waals surface area contributed by atoms with E-state index in [1.807, 2.05) is 49.4 Å². The molecular formula is C27H28N4O4S. The van der Waals surface area contributed by atoms with E-state index in [0.717, 1.165) is 56.1 Å². The summed E-state index contributed by atoms with van der Waals surface area (Å²) in [7, 11) is 0. The van der Waals surface area contributed by atoms with Crippen LogP contribution in [-0.2, 0) is 11.3 Å². The summed E-state index contributed by atoms with van der Waals surface area (Å²) in [5.41, 5.74) is 2.82. The number of anilines is 1. The zero-order chi connectivity index (χ0) is 25.1. The number of hydrogen-bond donors (Lipinski definition) is 3. The van der Waals surface area contributed by atoms with Crippen molar-refractivity contribution in [3.05, 3.63) is 70.7 Å². The Morgan fingerprint density at radius 2 is 2.06 bits per heavy atom. The van der Waals surface area contributed by atoms with Crippen LogP contribution in [0, 0.1) is 6.92 Å². The van der Waals surface area contributed by atoms with Gasteiger partial charge in [-0.1, -0.05) is 24.3 Å². The van der Waals surface area contributed by atoms with Gasteiger partial charge in [0.2, 0.25) is 0 Å². The van der Waals surface area contributed by atoms with Gasteiger partial charge in [0.25, 0.3) is 0 Å². The van der Waals surface area contributed by atoms with E-state index in [9.17, 15) is 4.79 Å². The molecule has 36 heavy (non-hydrogen) atoms. The number of thiophene rings is 1. The molecule has 4 aromatic rings. The summed E-state index contributed by atoms with van der Waals surface area (Å²) < 4.78 is 11.6. The number of ether oxygens (including phenoxy) is 2. The van der Waals surface area contributed by atoms with Gasteiger partial charge in [-0.05, 0) is 55.3 Å². The Balaban J connectivity index is 1.38. The van der Waals surface area contributed by atoms with Gasteiger partial charge in [-0.25, -0.2) is 4.79 Å². The van der Waals surface area contributed by atoms with Crippen LogP contribution in [0.25, 0.3) is 21.2 Å². The Labute approximate surface area is 213 Å². The molecule has 1 unspecified atom stereocenters. The van der Waals surface area contributed by atoms with Crippen LogP contribution in [0.15, 0.2) is 54.6 Å². The molecule has 3 heterocycles. The Hall–Kier alpha value is -3.69. The van der Waals surface area contributed by atoms with Gasteiger partial charge >= 0.3 is 6.09 Å². The lowest BCUT2D eigenvalue weighted by atomic mass is 10.1. The first-order valence-corrected chi connectivity index (χ1v) is 12.7. The smallest absolute Gasteiger partial charge is 0.404 e. The Morgan fingerprint density at radius 1 is 1.19 bits per heavy atom. The molecule has 0 aliphatic carbocycles.